The molecule has 0 aliphatic heterocycles. The number of Topliss-reactive ketones (excluding diaryl/α,β-unsaturated/α-hetero) is 1. The molecule has 0 aromatic heterocycles. The number of ketones is 1. The zero-order chi connectivity index (χ0) is 16.7. The van der Waals surface area contributed by atoms with Crippen LogP contribution in [0.3, 0.4) is 0 Å². The smallest absolute Gasteiger partial charge is 0.161 e. The van der Waals surface area contributed by atoms with E-state index in [2.05, 4.69) is 38.7 Å². The normalized spacial score (nSPS) is 24.0. The first kappa shape index (κ1) is 16.3. The van der Waals surface area contributed by atoms with Crippen LogP contribution in [-0.2, 0) is 4.79 Å². The van der Waals surface area contributed by atoms with Gasteiger partial charge in [0.25, 0.3) is 0 Å². The maximum Gasteiger partial charge on any atom is 0.161 e. The fourth-order valence-electron chi connectivity index (χ4n) is 4.31. The fraction of sp³-hybridized carbons (Fsp3) is 0.550. The lowest BCUT2D eigenvalue weighted by Crippen LogP contribution is -2.41. The summed E-state index contributed by atoms with van der Waals surface area (Å²) < 4.78 is 0. The molecule has 0 heterocycles. The molecule has 2 aliphatic rings. The number of hydrogen-bond donors (Lipinski definition) is 1. The summed E-state index contributed by atoms with van der Waals surface area (Å²) in [5.74, 6) is 0.164. The molecule has 3 heteroatoms. The van der Waals surface area contributed by atoms with Crippen molar-refractivity contribution in [3.8, 4) is 0 Å². The average Bonchev–Trinajstić information content (AvgIpc) is 2.50. The molecule has 1 N–H and O–H groups in total. The molecular weight excluding hydrogens is 286 g/mol. The SMILES string of the molecule is CC(C)N(C1=C2C(=O)CCC[C@@H]2[C@@H](O)c2ccccc21)C(C)C. The zero-order valence-electron chi connectivity index (χ0n) is 14.5. The Hall–Kier alpha value is -1.61. The van der Waals surface area contributed by atoms with Crippen LogP contribution in [0.15, 0.2) is 29.8 Å². The molecule has 3 rings (SSSR count). The highest BCUT2D eigenvalue weighted by Gasteiger charge is 2.41. The van der Waals surface area contributed by atoms with Crippen LogP contribution in [0, 0.1) is 5.92 Å². The summed E-state index contributed by atoms with van der Waals surface area (Å²) in [6.07, 6.45) is 1.82. The third-order valence-electron chi connectivity index (χ3n) is 5.13. The Balaban J connectivity index is 2.28. The first-order valence-electron chi connectivity index (χ1n) is 8.76. The molecule has 0 unspecified atom stereocenters. The molecule has 3 nitrogen and oxygen atoms in total. The van der Waals surface area contributed by atoms with Crippen molar-refractivity contribution in [3.63, 3.8) is 0 Å². The third-order valence-corrected chi connectivity index (χ3v) is 5.13. The largest absolute Gasteiger partial charge is 0.388 e. The highest BCUT2D eigenvalue weighted by atomic mass is 16.3. The lowest BCUT2D eigenvalue weighted by molar-refractivity contribution is -0.118. The molecule has 124 valence electrons. The number of aliphatic hydroxyl groups excluding tert-OH is 1. The minimum absolute atomic E-state index is 0.0545. The average molecular weight is 313 g/mol. The van der Waals surface area contributed by atoms with Crippen LogP contribution in [0.25, 0.3) is 5.70 Å². The second-order valence-corrected chi connectivity index (χ2v) is 7.31. The van der Waals surface area contributed by atoms with Gasteiger partial charge < -0.3 is 10.0 Å². The molecule has 0 bridgehead atoms. The Labute approximate surface area is 139 Å². The number of rotatable bonds is 3. The van der Waals surface area contributed by atoms with Crippen molar-refractivity contribution in [1.82, 2.24) is 4.90 Å². The lowest BCUT2D eigenvalue weighted by Gasteiger charge is -2.44. The van der Waals surface area contributed by atoms with E-state index < -0.39 is 6.10 Å². The van der Waals surface area contributed by atoms with E-state index >= 15 is 0 Å². The first-order valence-corrected chi connectivity index (χ1v) is 8.76. The number of nitrogens with zero attached hydrogens (tertiary/aromatic N) is 1. The predicted octanol–water partition coefficient (Wildman–Crippen LogP) is 3.93. The molecule has 0 spiro atoms. The number of aliphatic hydroxyl groups is 1. The van der Waals surface area contributed by atoms with E-state index in [-0.39, 0.29) is 11.7 Å². The summed E-state index contributed by atoms with van der Waals surface area (Å²) in [7, 11) is 0. The van der Waals surface area contributed by atoms with E-state index in [4.69, 9.17) is 0 Å². The van der Waals surface area contributed by atoms with Gasteiger partial charge in [0, 0.05) is 35.6 Å². The molecule has 1 fully saturated rings. The van der Waals surface area contributed by atoms with Crippen molar-refractivity contribution < 1.29 is 9.90 Å². The van der Waals surface area contributed by atoms with Crippen molar-refractivity contribution in [3.05, 3.63) is 41.0 Å². The van der Waals surface area contributed by atoms with Gasteiger partial charge in [0.1, 0.15) is 0 Å². The van der Waals surface area contributed by atoms with E-state index in [1.807, 2.05) is 18.2 Å². The third kappa shape index (κ3) is 2.61. The van der Waals surface area contributed by atoms with Crippen molar-refractivity contribution in [2.75, 3.05) is 0 Å². The van der Waals surface area contributed by atoms with Gasteiger partial charge in [-0.2, -0.15) is 0 Å². The summed E-state index contributed by atoms with van der Waals surface area (Å²) in [5, 5.41) is 10.8. The summed E-state index contributed by atoms with van der Waals surface area (Å²) in [6, 6.07) is 8.64. The summed E-state index contributed by atoms with van der Waals surface area (Å²) in [4.78, 5) is 15.1. The molecular formula is C20H27NO2. The molecule has 23 heavy (non-hydrogen) atoms. The van der Waals surface area contributed by atoms with Gasteiger partial charge in [0.15, 0.2) is 5.78 Å². The van der Waals surface area contributed by atoms with Gasteiger partial charge in [-0.25, -0.2) is 0 Å². The van der Waals surface area contributed by atoms with Gasteiger partial charge in [-0.15, -0.1) is 0 Å². The van der Waals surface area contributed by atoms with Crippen LogP contribution in [0.4, 0.5) is 0 Å². The molecule has 0 amide bonds. The Morgan fingerprint density at radius 2 is 1.78 bits per heavy atom. The monoisotopic (exact) mass is 313 g/mol. The number of fused-ring (bicyclic) bond motifs is 2. The van der Waals surface area contributed by atoms with E-state index in [9.17, 15) is 9.90 Å². The van der Waals surface area contributed by atoms with Crippen molar-refractivity contribution in [2.24, 2.45) is 5.92 Å². The van der Waals surface area contributed by atoms with Gasteiger partial charge in [-0.3, -0.25) is 4.79 Å². The highest BCUT2D eigenvalue weighted by molar-refractivity contribution is 6.04. The Morgan fingerprint density at radius 1 is 1.13 bits per heavy atom. The van der Waals surface area contributed by atoms with E-state index in [0.717, 1.165) is 35.2 Å². The van der Waals surface area contributed by atoms with Crippen LogP contribution in [-0.4, -0.2) is 27.9 Å². The number of carbonyl (C=O) groups excluding carboxylic acids is 1. The maximum absolute atomic E-state index is 12.7. The maximum atomic E-state index is 12.7. The van der Waals surface area contributed by atoms with E-state index in [0.29, 0.717) is 18.5 Å². The highest BCUT2D eigenvalue weighted by Crippen LogP contribution is 2.48. The molecule has 1 aromatic rings. The number of carbonyl (C=O) groups is 1. The quantitative estimate of drug-likeness (QED) is 0.919. The van der Waals surface area contributed by atoms with E-state index in [1.54, 1.807) is 0 Å². The van der Waals surface area contributed by atoms with Gasteiger partial charge >= 0.3 is 0 Å². The summed E-state index contributed by atoms with van der Waals surface area (Å²) in [6.45, 7) is 8.68. The van der Waals surface area contributed by atoms with Crippen LogP contribution in [0.5, 0.6) is 0 Å². The summed E-state index contributed by atoms with van der Waals surface area (Å²) >= 11 is 0. The standard InChI is InChI=1S/C20H27NO2/c1-12(2)21(13(3)4)19-14-8-5-6-9-15(14)20(23)16-10-7-11-17(22)18(16)19/h5-6,8-9,12-13,16,20,23H,7,10-11H2,1-4H3/t16-,20-/m0/s1. The predicted molar refractivity (Wildman–Crippen MR) is 92.8 cm³/mol. The lowest BCUT2D eigenvalue weighted by atomic mass is 9.71. The molecule has 2 atom stereocenters. The Morgan fingerprint density at radius 3 is 2.43 bits per heavy atom. The van der Waals surface area contributed by atoms with Crippen LogP contribution < -0.4 is 0 Å². The number of hydrogen-bond acceptors (Lipinski definition) is 3. The Bertz CT molecular complexity index is 637. The van der Waals surface area contributed by atoms with Crippen molar-refractivity contribution in [1.29, 1.82) is 0 Å². The molecule has 2 aliphatic carbocycles. The fourth-order valence-corrected chi connectivity index (χ4v) is 4.31. The van der Waals surface area contributed by atoms with Crippen LogP contribution in [0.2, 0.25) is 0 Å². The molecule has 0 saturated heterocycles. The minimum Gasteiger partial charge on any atom is -0.388 e. The van der Waals surface area contributed by atoms with Gasteiger partial charge in [-0.05, 0) is 46.1 Å². The van der Waals surface area contributed by atoms with Crippen LogP contribution in [0.1, 0.15) is 64.2 Å². The van der Waals surface area contributed by atoms with E-state index in [1.165, 1.54) is 0 Å². The van der Waals surface area contributed by atoms with Gasteiger partial charge in [0.2, 0.25) is 0 Å². The molecule has 0 radical (unpaired) electrons. The molecule has 1 saturated carbocycles. The van der Waals surface area contributed by atoms with Crippen molar-refractivity contribution in [2.45, 2.75) is 65.1 Å². The first-order chi connectivity index (χ1) is 10.9. The second-order valence-electron chi connectivity index (χ2n) is 7.31. The Kier molecular flexibility index (Phi) is 4.33. The second kappa shape index (κ2) is 6.12. The van der Waals surface area contributed by atoms with Crippen molar-refractivity contribution >= 4 is 11.5 Å². The minimum atomic E-state index is -0.560. The molecule has 1 aromatic carbocycles. The number of benzene rings is 1. The van der Waals surface area contributed by atoms with Gasteiger partial charge in [0.05, 0.1) is 11.8 Å². The summed E-state index contributed by atoms with van der Waals surface area (Å²) in [5.41, 5.74) is 3.93. The van der Waals surface area contributed by atoms with Crippen LogP contribution >= 0.6 is 0 Å². The zero-order valence-corrected chi connectivity index (χ0v) is 14.5. The van der Waals surface area contributed by atoms with Gasteiger partial charge in [-0.1, -0.05) is 24.3 Å². The topological polar surface area (TPSA) is 40.5 Å².